The number of nitrogens with two attached hydrogens (primary N) is 1. The van der Waals surface area contributed by atoms with E-state index in [1.165, 1.54) is 4.52 Å². The zero-order valence-electron chi connectivity index (χ0n) is 22.1. The van der Waals surface area contributed by atoms with Crippen molar-refractivity contribution in [1.82, 2.24) is 38.9 Å². The molecule has 2 saturated carbocycles. The molecular weight excluding hydrogens is 498 g/mol. The summed E-state index contributed by atoms with van der Waals surface area (Å²) in [6, 6.07) is 4.04. The lowest BCUT2D eigenvalue weighted by molar-refractivity contribution is 0.169. The summed E-state index contributed by atoms with van der Waals surface area (Å²) in [5, 5.41) is 18.4. The molecule has 5 heterocycles. The van der Waals surface area contributed by atoms with E-state index in [1.54, 1.807) is 27.5 Å². The number of rotatable bonds is 9. The van der Waals surface area contributed by atoms with Crippen molar-refractivity contribution in [3.8, 4) is 11.6 Å². The molecule has 12 heteroatoms. The van der Waals surface area contributed by atoms with Gasteiger partial charge in [0.15, 0.2) is 17.1 Å². The summed E-state index contributed by atoms with van der Waals surface area (Å²) in [4.78, 5) is 25.4. The van der Waals surface area contributed by atoms with Gasteiger partial charge in [-0.15, -0.1) is 5.10 Å². The molecule has 39 heavy (non-hydrogen) atoms. The van der Waals surface area contributed by atoms with Crippen molar-refractivity contribution in [2.24, 2.45) is 5.92 Å². The monoisotopic (exact) mass is 531 g/mol. The second-order valence-electron chi connectivity index (χ2n) is 11.0. The van der Waals surface area contributed by atoms with E-state index in [0.717, 1.165) is 37.0 Å². The van der Waals surface area contributed by atoms with Crippen molar-refractivity contribution in [2.75, 3.05) is 12.3 Å². The van der Waals surface area contributed by atoms with E-state index in [4.69, 9.17) is 15.1 Å². The molecule has 0 radical (unpaired) electrons. The Morgan fingerprint density at radius 1 is 1.18 bits per heavy atom. The van der Waals surface area contributed by atoms with Gasteiger partial charge in [-0.2, -0.15) is 9.50 Å². The molecule has 204 valence electrons. The molecule has 0 saturated heterocycles. The van der Waals surface area contributed by atoms with E-state index in [2.05, 4.69) is 33.3 Å². The number of aromatic nitrogens is 6. The highest BCUT2D eigenvalue weighted by Gasteiger charge is 2.30. The van der Waals surface area contributed by atoms with Crippen molar-refractivity contribution >= 4 is 22.8 Å². The number of nitrogens with zero attached hydrogens (tertiary/aromatic N) is 7. The quantitative estimate of drug-likeness (QED) is 0.277. The normalized spacial score (nSPS) is 20.6. The van der Waals surface area contributed by atoms with Crippen LogP contribution in [0.25, 0.3) is 28.4 Å². The van der Waals surface area contributed by atoms with Crippen LogP contribution in [0.15, 0.2) is 51.0 Å². The van der Waals surface area contributed by atoms with E-state index >= 15 is 0 Å². The maximum absolute atomic E-state index is 13.8. The molecular formula is C27H33N9O3. The Hall–Kier alpha value is -3.90. The summed E-state index contributed by atoms with van der Waals surface area (Å²) in [6.07, 6.45) is 9.44. The third kappa shape index (κ3) is 4.33. The topological polar surface area (TPSA) is 145 Å². The molecule has 4 N–H and O–H groups in total. The van der Waals surface area contributed by atoms with Crippen LogP contribution in [-0.4, -0.2) is 63.6 Å². The first-order valence-electron chi connectivity index (χ1n) is 13.7. The average Bonchev–Trinajstić information content (AvgIpc) is 3.76. The van der Waals surface area contributed by atoms with Crippen LogP contribution in [0.1, 0.15) is 39.5 Å². The van der Waals surface area contributed by atoms with Gasteiger partial charge in [-0.25, -0.2) is 9.78 Å². The number of aliphatic hydroxyl groups is 1. The molecule has 4 aromatic heterocycles. The Morgan fingerprint density at radius 2 is 2.00 bits per heavy atom. The lowest BCUT2D eigenvalue weighted by Crippen LogP contribution is -2.40. The minimum absolute atomic E-state index is 0.0632. The second kappa shape index (κ2) is 9.09. The number of hydrogen-bond donors (Lipinski definition) is 3. The minimum Gasteiger partial charge on any atom is -0.461 e. The van der Waals surface area contributed by atoms with Gasteiger partial charge in [0.1, 0.15) is 11.7 Å². The number of allylic oxidation sites excluding steroid dienone is 1. The molecule has 12 nitrogen and oxygen atoms in total. The molecule has 1 aliphatic heterocycles. The van der Waals surface area contributed by atoms with E-state index in [1.807, 2.05) is 13.0 Å². The van der Waals surface area contributed by atoms with E-state index in [9.17, 15) is 9.90 Å². The number of fused-ring (bicyclic) bond motifs is 3. The van der Waals surface area contributed by atoms with E-state index < -0.39 is 6.23 Å². The zero-order valence-corrected chi connectivity index (χ0v) is 22.1. The zero-order chi connectivity index (χ0) is 26.8. The number of furan rings is 1. The molecule has 2 atom stereocenters. The van der Waals surface area contributed by atoms with Crippen molar-refractivity contribution in [3.63, 3.8) is 0 Å². The molecule has 7 rings (SSSR count). The predicted octanol–water partition coefficient (Wildman–Crippen LogP) is 2.10. The number of nitrogen functional groups attached to an aromatic ring is 1. The van der Waals surface area contributed by atoms with Crippen LogP contribution in [0.4, 0.5) is 5.95 Å². The van der Waals surface area contributed by atoms with Gasteiger partial charge in [0.25, 0.3) is 0 Å². The molecule has 0 amide bonds. The van der Waals surface area contributed by atoms with Gasteiger partial charge in [-0.3, -0.25) is 14.5 Å². The third-order valence-electron chi connectivity index (χ3n) is 7.94. The van der Waals surface area contributed by atoms with Crippen LogP contribution >= 0.6 is 0 Å². The SMILES string of the molecule is CC1=CC(C(O)NC2CC2)=CC(C)N1CCn1c(=O)n(CC2CC2)c2c1nc(N)n1nc(-c3ccco3)nc21. The van der Waals surface area contributed by atoms with Crippen LogP contribution in [0.3, 0.4) is 0 Å². The summed E-state index contributed by atoms with van der Waals surface area (Å²) >= 11 is 0. The highest BCUT2D eigenvalue weighted by molar-refractivity contribution is 5.88. The van der Waals surface area contributed by atoms with Gasteiger partial charge < -0.3 is 20.2 Å². The predicted molar refractivity (Wildman–Crippen MR) is 146 cm³/mol. The Labute approximate surface area is 224 Å². The minimum atomic E-state index is -0.663. The smallest absolute Gasteiger partial charge is 0.330 e. The number of hydrogen-bond acceptors (Lipinski definition) is 9. The van der Waals surface area contributed by atoms with Crippen LogP contribution in [-0.2, 0) is 13.1 Å². The van der Waals surface area contributed by atoms with E-state index in [0.29, 0.717) is 60.0 Å². The Balaban J connectivity index is 1.23. The third-order valence-corrected chi connectivity index (χ3v) is 7.94. The summed E-state index contributed by atoms with van der Waals surface area (Å²) in [5.74, 6) is 1.54. The van der Waals surface area contributed by atoms with Gasteiger partial charge >= 0.3 is 5.69 Å². The fraction of sp³-hybridized carbons (Fsp3) is 0.481. The summed E-state index contributed by atoms with van der Waals surface area (Å²) in [5.41, 5.74) is 9.79. The van der Waals surface area contributed by atoms with Gasteiger partial charge in [0.2, 0.25) is 11.8 Å². The number of nitrogens with one attached hydrogen (secondary N) is 1. The fourth-order valence-electron chi connectivity index (χ4n) is 5.52. The number of anilines is 1. The molecule has 2 unspecified atom stereocenters. The maximum Gasteiger partial charge on any atom is 0.330 e. The summed E-state index contributed by atoms with van der Waals surface area (Å²) in [6.45, 7) is 5.78. The molecule has 0 aromatic carbocycles. The number of imidazole rings is 1. The standard InChI is InChI=1S/C27H33N9O3/c1-15-12-18(25(37)29-19-7-8-19)13-16(2)33(15)9-10-34-23-21(35(27(34)38)14-17-5-6-17)24-30-22(20-4-3-11-39-20)32-36(24)26(28)31-23/h3-4,11-13,15,17,19,25,29,37H,5-10,14H2,1-2H3,(H2,28,31). The van der Waals surface area contributed by atoms with Crippen LogP contribution < -0.4 is 16.7 Å². The Kier molecular flexibility index (Phi) is 5.63. The first kappa shape index (κ1) is 24.2. The van der Waals surface area contributed by atoms with Gasteiger partial charge in [-0.05, 0) is 69.2 Å². The van der Waals surface area contributed by atoms with Gasteiger partial charge in [0.05, 0.1) is 6.26 Å². The number of aliphatic hydroxyl groups excluding tert-OH is 1. The van der Waals surface area contributed by atoms with Gasteiger partial charge in [-0.1, -0.05) is 6.08 Å². The van der Waals surface area contributed by atoms with Gasteiger partial charge in [0, 0.05) is 37.4 Å². The summed E-state index contributed by atoms with van der Waals surface area (Å²) in [7, 11) is 0. The highest BCUT2D eigenvalue weighted by atomic mass is 16.3. The second-order valence-corrected chi connectivity index (χ2v) is 11.0. The van der Waals surface area contributed by atoms with E-state index in [-0.39, 0.29) is 17.7 Å². The molecule has 2 fully saturated rings. The van der Waals surface area contributed by atoms with Crippen LogP contribution in [0.2, 0.25) is 0 Å². The van der Waals surface area contributed by atoms with Crippen LogP contribution in [0, 0.1) is 5.92 Å². The largest absolute Gasteiger partial charge is 0.461 e. The first-order valence-corrected chi connectivity index (χ1v) is 13.7. The first-order chi connectivity index (χ1) is 18.9. The maximum atomic E-state index is 13.8. The fourth-order valence-corrected chi connectivity index (χ4v) is 5.52. The average molecular weight is 532 g/mol. The lowest BCUT2D eigenvalue weighted by Gasteiger charge is -2.35. The van der Waals surface area contributed by atoms with Crippen molar-refractivity contribution in [1.29, 1.82) is 0 Å². The molecule has 0 spiro atoms. The van der Waals surface area contributed by atoms with Crippen molar-refractivity contribution in [2.45, 2.75) is 70.9 Å². The lowest BCUT2D eigenvalue weighted by atomic mass is 10.0. The molecule has 2 aliphatic carbocycles. The van der Waals surface area contributed by atoms with Crippen LogP contribution in [0.5, 0.6) is 0 Å². The molecule has 0 bridgehead atoms. The Morgan fingerprint density at radius 3 is 2.69 bits per heavy atom. The molecule has 4 aromatic rings. The Bertz CT molecular complexity index is 1670. The molecule has 3 aliphatic rings. The van der Waals surface area contributed by atoms with Crippen molar-refractivity contribution in [3.05, 3.63) is 52.3 Å². The highest BCUT2D eigenvalue weighted by Crippen LogP contribution is 2.32. The summed E-state index contributed by atoms with van der Waals surface area (Å²) < 4.78 is 10.5. The van der Waals surface area contributed by atoms with Crippen molar-refractivity contribution < 1.29 is 9.52 Å².